The Labute approximate surface area is 114 Å². The number of aromatic nitrogens is 2. The number of thiophene rings is 1. The fourth-order valence-corrected chi connectivity index (χ4v) is 2.69. The zero-order chi connectivity index (χ0) is 13.2. The van der Waals surface area contributed by atoms with Crippen LogP contribution in [-0.2, 0) is 0 Å². The smallest absolute Gasteiger partial charge is 0.270 e. The van der Waals surface area contributed by atoms with Crippen molar-refractivity contribution in [3.63, 3.8) is 0 Å². The number of nitrogens with zero attached hydrogens (tertiary/aromatic N) is 1. The molecule has 0 spiro atoms. The van der Waals surface area contributed by atoms with E-state index in [1.807, 2.05) is 42.1 Å². The fourth-order valence-electron chi connectivity index (χ4n) is 1.93. The number of carbonyl (C=O) groups excluding carboxylic acids is 1. The number of carbonyl (C=O) groups is 1. The Hall–Kier alpha value is -2.14. The van der Waals surface area contributed by atoms with Crippen LogP contribution in [0.15, 0.2) is 41.2 Å². The average molecular weight is 271 g/mol. The van der Waals surface area contributed by atoms with E-state index in [0.29, 0.717) is 5.69 Å². The first-order valence-corrected chi connectivity index (χ1v) is 6.95. The van der Waals surface area contributed by atoms with Gasteiger partial charge in [-0.15, -0.1) is 0 Å². The third kappa shape index (κ3) is 2.37. The molecule has 3 heterocycles. The van der Waals surface area contributed by atoms with E-state index in [2.05, 4.69) is 15.3 Å². The van der Waals surface area contributed by atoms with Crippen LogP contribution in [0.2, 0.25) is 0 Å². The molecule has 5 heteroatoms. The average Bonchev–Trinajstić information content (AvgIpc) is 3.09. The van der Waals surface area contributed by atoms with Gasteiger partial charge in [0.05, 0.1) is 6.04 Å². The van der Waals surface area contributed by atoms with Gasteiger partial charge in [0.1, 0.15) is 11.3 Å². The number of H-pyrrole nitrogens is 1. The highest BCUT2D eigenvalue weighted by molar-refractivity contribution is 7.07. The van der Waals surface area contributed by atoms with E-state index in [4.69, 9.17) is 0 Å². The van der Waals surface area contributed by atoms with Crippen molar-refractivity contribution in [3.05, 3.63) is 52.5 Å². The molecule has 3 aromatic heterocycles. The van der Waals surface area contributed by atoms with Crippen molar-refractivity contribution in [1.82, 2.24) is 15.3 Å². The molecule has 0 aliphatic rings. The summed E-state index contributed by atoms with van der Waals surface area (Å²) < 4.78 is 0. The van der Waals surface area contributed by atoms with Gasteiger partial charge in [-0.2, -0.15) is 11.3 Å². The minimum absolute atomic E-state index is 0.0140. The lowest BCUT2D eigenvalue weighted by atomic mass is 10.2. The second kappa shape index (κ2) is 4.85. The van der Waals surface area contributed by atoms with Gasteiger partial charge in [-0.25, -0.2) is 4.98 Å². The number of nitrogens with one attached hydrogen (secondary N) is 2. The van der Waals surface area contributed by atoms with Gasteiger partial charge in [0.2, 0.25) is 0 Å². The number of aromatic amines is 1. The van der Waals surface area contributed by atoms with Crippen molar-refractivity contribution >= 4 is 28.3 Å². The predicted octanol–water partition coefficient (Wildman–Crippen LogP) is 3.12. The molecule has 3 aromatic rings. The zero-order valence-corrected chi connectivity index (χ0v) is 11.2. The van der Waals surface area contributed by atoms with Crippen LogP contribution in [0, 0.1) is 0 Å². The lowest BCUT2D eigenvalue weighted by Crippen LogP contribution is -2.27. The number of hydrogen-bond acceptors (Lipinski definition) is 3. The second-order valence-electron chi connectivity index (χ2n) is 4.36. The van der Waals surface area contributed by atoms with E-state index < -0.39 is 0 Å². The summed E-state index contributed by atoms with van der Waals surface area (Å²) in [4.78, 5) is 19.4. The van der Waals surface area contributed by atoms with E-state index in [0.717, 1.165) is 16.6 Å². The Morgan fingerprint density at radius 2 is 2.26 bits per heavy atom. The van der Waals surface area contributed by atoms with Gasteiger partial charge in [-0.3, -0.25) is 4.79 Å². The minimum Gasteiger partial charge on any atom is -0.346 e. The normalized spacial score (nSPS) is 12.5. The molecule has 0 bridgehead atoms. The third-order valence-electron chi connectivity index (χ3n) is 3.03. The van der Waals surface area contributed by atoms with Gasteiger partial charge in [-0.1, -0.05) is 0 Å². The fraction of sp³-hybridized carbons (Fsp3) is 0.143. The lowest BCUT2D eigenvalue weighted by molar-refractivity contribution is 0.0935. The van der Waals surface area contributed by atoms with E-state index in [1.165, 1.54) is 0 Å². The highest BCUT2D eigenvalue weighted by Gasteiger charge is 2.13. The van der Waals surface area contributed by atoms with E-state index in [-0.39, 0.29) is 11.9 Å². The highest BCUT2D eigenvalue weighted by Crippen LogP contribution is 2.16. The van der Waals surface area contributed by atoms with Crippen molar-refractivity contribution in [2.24, 2.45) is 0 Å². The molecule has 0 aliphatic carbocycles. The van der Waals surface area contributed by atoms with E-state index in [1.54, 1.807) is 17.4 Å². The Kier molecular flexibility index (Phi) is 3.05. The molecule has 2 N–H and O–H groups in total. The maximum atomic E-state index is 12.1. The molecule has 4 nitrogen and oxygen atoms in total. The Bertz CT molecular complexity index is 702. The maximum absolute atomic E-state index is 12.1. The number of fused-ring (bicyclic) bond motifs is 1. The number of hydrogen-bond donors (Lipinski definition) is 2. The molecule has 96 valence electrons. The summed E-state index contributed by atoms with van der Waals surface area (Å²) in [6.07, 6.45) is 1.81. The largest absolute Gasteiger partial charge is 0.346 e. The van der Waals surface area contributed by atoms with E-state index >= 15 is 0 Å². The Morgan fingerprint density at radius 1 is 1.37 bits per heavy atom. The summed E-state index contributed by atoms with van der Waals surface area (Å²) in [6, 6.07) is 7.56. The molecular weight excluding hydrogens is 258 g/mol. The summed E-state index contributed by atoms with van der Waals surface area (Å²) in [5.74, 6) is -0.157. The Morgan fingerprint density at radius 3 is 3.05 bits per heavy atom. The van der Waals surface area contributed by atoms with E-state index in [9.17, 15) is 4.79 Å². The SMILES string of the molecule is CC(NC(=O)c1ccc2cc[nH]c2n1)c1ccsc1. The van der Waals surface area contributed by atoms with Crippen LogP contribution in [0.4, 0.5) is 0 Å². The first-order chi connectivity index (χ1) is 9.24. The maximum Gasteiger partial charge on any atom is 0.270 e. The molecule has 0 aliphatic heterocycles. The van der Waals surface area contributed by atoms with Crippen molar-refractivity contribution in [3.8, 4) is 0 Å². The lowest BCUT2D eigenvalue weighted by Gasteiger charge is -2.12. The summed E-state index contributed by atoms with van der Waals surface area (Å²) in [6.45, 7) is 1.97. The highest BCUT2D eigenvalue weighted by atomic mass is 32.1. The van der Waals surface area contributed by atoms with Gasteiger partial charge in [0.15, 0.2) is 0 Å². The molecule has 0 aromatic carbocycles. The second-order valence-corrected chi connectivity index (χ2v) is 5.14. The molecule has 1 atom stereocenters. The number of pyridine rings is 1. The molecule has 0 fully saturated rings. The van der Waals surface area contributed by atoms with Crippen molar-refractivity contribution in [2.75, 3.05) is 0 Å². The van der Waals surface area contributed by atoms with Crippen molar-refractivity contribution < 1.29 is 4.79 Å². The van der Waals surface area contributed by atoms with Crippen molar-refractivity contribution in [2.45, 2.75) is 13.0 Å². The van der Waals surface area contributed by atoms with Gasteiger partial charge < -0.3 is 10.3 Å². The zero-order valence-electron chi connectivity index (χ0n) is 10.4. The summed E-state index contributed by atoms with van der Waals surface area (Å²) >= 11 is 1.62. The van der Waals surface area contributed by atoms with Gasteiger partial charge in [0.25, 0.3) is 5.91 Å². The van der Waals surface area contributed by atoms with Gasteiger partial charge >= 0.3 is 0 Å². The van der Waals surface area contributed by atoms with Crippen LogP contribution in [0.1, 0.15) is 29.0 Å². The summed E-state index contributed by atoms with van der Waals surface area (Å²) in [7, 11) is 0. The first-order valence-electron chi connectivity index (χ1n) is 6.01. The molecule has 0 saturated heterocycles. The number of amides is 1. The molecule has 1 amide bonds. The standard InChI is InChI=1S/C14H13N3OS/c1-9(11-5-7-19-8-11)16-14(18)12-3-2-10-4-6-15-13(10)17-12/h2-9H,1H3,(H,15,17)(H,16,18). The molecular formula is C14H13N3OS. The van der Waals surface area contributed by atoms with Crippen LogP contribution < -0.4 is 5.32 Å². The summed E-state index contributed by atoms with van der Waals surface area (Å²) in [5, 5.41) is 7.98. The third-order valence-corrected chi connectivity index (χ3v) is 3.73. The molecule has 1 unspecified atom stereocenters. The topological polar surface area (TPSA) is 57.8 Å². The summed E-state index contributed by atoms with van der Waals surface area (Å²) in [5.41, 5.74) is 2.27. The van der Waals surface area contributed by atoms with Crippen LogP contribution >= 0.6 is 11.3 Å². The van der Waals surface area contributed by atoms with Crippen LogP contribution in [-0.4, -0.2) is 15.9 Å². The Balaban J connectivity index is 1.79. The first kappa shape index (κ1) is 11.9. The molecule has 3 rings (SSSR count). The minimum atomic E-state index is -0.157. The predicted molar refractivity (Wildman–Crippen MR) is 76.3 cm³/mol. The quantitative estimate of drug-likeness (QED) is 0.769. The van der Waals surface area contributed by atoms with Crippen LogP contribution in [0.5, 0.6) is 0 Å². The monoisotopic (exact) mass is 271 g/mol. The van der Waals surface area contributed by atoms with Gasteiger partial charge in [0, 0.05) is 11.6 Å². The van der Waals surface area contributed by atoms with Crippen LogP contribution in [0.25, 0.3) is 11.0 Å². The van der Waals surface area contributed by atoms with Crippen molar-refractivity contribution in [1.29, 1.82) is 0 Å². The van der Waals surface area contributed by atoms with Gasteiger partial charge in [-0.05, 0) is 47.5 Å². The molecule has 0 radical (unpaired) electrons. The molecule has 0 saturated carbocycles. The molecule has 19 heavy (non-hydrogen) atoms. The number of rotatable bonds is 3. The van der Waals surface area contributed by atoms with Crippen LogP contribution in [0.3, 0.4) is 0 Å².